The largest absolute Gasteiger partial charge is 0.481 e. The van der Waals surface area contributed by atoms with Crippen LogP contribution in [-0.4, -0.2) is 57.4 Å². The van der Waals surface area contributed by atoms with Crippen LogP contribution < -0.4 is 15.0 Å². The maximum absolute atomic E-state index is 12.4. The summed E-state index contributed by atoms with van der Waals surface area (Å²) in [6.45, 7) is 3.51. The van der Waals surface area contributed by atoms with Crippen molar-refractivity contribution in [2.45, 2.75) is 31.9 Å². The second kappa shape index (κ2) is 7.37. The van der Waals surface area contributed by atoms with Gasteiger partial charge in [0, 0.05) is 31.6 Å². The molecule has 4 heterocycles. The average molecular weight is 383 g/mol. The highest BCUT2D eigenvalue weighted by Crippen LogP contribution is 2.35. The Bertz CT molecular complexity index is 902. The minimum absolute atomic E-state index is 0.249. The van der Waals surface area contributed by atoms with Crippen molar-refractivity contribution in [3.05, 3.63) is 36.2 Å². The fourth-order valence-corrected chi connectivity index (χ4v) is 3.30. The zero-order valence-electron chi connectivity index (χ0n) is 15.8. The fourth-order valence-electron chi connectivity index (χ4n) is 3.30. The molecule has 1 spiro atoms. The topological polar surface area (TPSA) is 115 Å². The number of oxime groups is 1. The maximum Gasteiger partial charge on any atom is 0.269 e. The Labute approximate surface area is 162 Å². The molecule has 1 amide bonds. The molecule has 2 aromatic rings. The van der Waals surface area contributed by atoms with E-state index in [1.165, 1.54) is 6.33 Å². The van der Waals surface area contributed by atoms with E-state index in [4.69, 9.17) is 9.57 Å². The number of ether oxygens (including phenoxy) is 1. The number of nitrogens with zero attached hydrogens (tertiary/aromatic N) is 6. The molecule has 1 N–H and O–H groups in total. The number of carbonyl (C=O) groups excluding carboxylic acids is 1. The van der Waals surface area contributed by atoms with Crippen molar-refractivity contribution in [1.82, 2.24) is 25.3 Å². The molecule has 0 bridgehead atoms. The number of anilines is 1. The molecule has 2 aliphatic heterocycles. The van der Waals surface area contributed by atoms with E-state index in [1.54, 1.807) is 25.6 Å². The summed E-state index contributed by atoms with van der Waals surface area (Å²) >= 11 is 0. The second-order valence-corrected chi connectivity index (χ2v) is 6.91. The molecule has 4 rings (SSSR count). The van der Waals surface area contributed by atoms with E-state index in [1.807, 2.05) is 6.92 Å². The van der Waals surface area contributed by atoms with Crippen LogP contribution in [0.2, 0.25) is 0 Å². The van der Waals surface area contributed by atoms with Gasteiger partial charge in [-0.2, -0.15) is 0 Å². The van der Waals surface area contributed by atoms with Gasteiger partial charge >= 0.3 is 0 Å². The highest BCUT2D eigenvalue weighted by molar-refractivity contribution is 6.39. The smallest absolute Gasteiger partial charge is 0.269 e. The van der Waals surface area contributed by atoms with Crippen molar-refractivity contribution in [3.8, 4) is 5.88 Å². The van der Waals surface area contributed by atoms with Gasteiger partial charge in [0.1, 0.15) is 17.9 Å². The first-order valence-electron chi connectivity index (χ1n) is 8.99. The first-order chi connectivity index (χ1) is 13.6. The van der Waals surface area contributed by atoms with Crippen LogP contribution in [0.4, 0.5) is 5.82 Å². The molecule has 1 atom stereocenters. The Balaban J connectivity index is 1.34. The molecular formula is C18H21N7O3. The van der Waals surface area contributed by atoms with Gasteiger partial charge in [0.25, 0.3) is 5.91 Å². The number of rotatable bonds is 5. The molecule has 0 aromatic carbocycles. The lowest BCUT2D eigenvalue weighted by atomic mass is 9.96. The van der Waals surface area contributed by atoms with Crippen molar-refractivity contribution in [3.63, 3.8) is 0 Å². The summed E-state index contributed by atoms with van der Waals surface area (Å²) in [6.07, 6.45) is 6.00. The van der Waals surface area contributed by atoms with E-state index in [2.05, 4.69) is 35.3 Å². The molecule has 1 fully saturated rings. The molecule has 2 aliphatic rings. The summed E-state index contributed by atoms with van der Waals surface area (Å²) in [5.41, 5.74) is 1.41. The lowest BCUT2D eigenvalue weighted by molar-refractivity contribution is -0.115. The van der Waals surface area contributed by atoms with Crippen molar-refractivity contribution >= 4 is 17.4 Å². The van der Waals surface area contributed by atoms with Gasteiger partial charge in [0.15, 0.2) is 5.60 Å². The first kappa shape index (κ1) is 18.1. The highest BCUT2D eigenvalue weighted by atomic mass is 16.7. The van der Waals surface area contributed by atoms with Gasteiger partial charge in [-0.3, -0.25) is 14.8 Å². The number of aromatic nitrogens is 4. The van der Waals surface area contributed by atoms with E-state index < -0.39 is 5.60 Å². The Morgan fingerprint density at radius 1 is 1.32 bits per heavy atom. The third-order valence-electron chi connectivity index (χ3n) is 4.84. The molecule has 1 unspecified atom stereocenters. The number of methoxy groups -OCH3 is 1. The van der Waals surface area contributed by atoms with Crippen LogP contribution >= 0.6 is 0 Å². The number of amides is 1. The van der Waals surface area contributed by atoms with Crippen LogP contribution in [-0.2, 0) is 16.2 Å². The quantitative estimate of drug-likeness (QED) is 0.799. The summed E-state index contributed by atoms with van der Waals surface area (Å²) in [5.74, 6) is 1.03. The minimum atomic E-state index is -0.505. The Hall–Kier alpha value is -3.30. The zero-order chi connectivity index (χ0) is 19.6. The normalized spacial score (nSPS) is 20.8. The fraction of sp³-hybridized carbons (Fsp3) is 0.444. The number of aryl methyl sites for hydroxylation is 1. The van der Waals surface area contributed by atoms with Crippen LogP contribution in [0.3, 0.4) is 0 Å². The molecule has 10 heteroatoms. The summed E-state index contributed by atoms with van der Waals surface area (Å²) in [5, 5.41) is 6.87. The van der Waals surface area contributed by atoms with Gasteiger partial charge < -0.3 is 19.8 Å². The van der Waals surface area contributed by atoms with Crippen molar-refractivity contribution in [1.29, 1.82) is 0 Å². The van der Waals surface area contributed by atoms with Crippen LogP contribution in [0.5, 0.6) is 5.88 Å². The number of hydrogen-bond acceptors (Lipinski definition) is 9. The predicted molar refractivity (Wildman–Crippen MR) is 99.9 cm³/mol. The Morgan fingerprint density at radius 2 is 2.21 bits per heavy atom. The molecule has 0 radical (unpaired) electrons. The molecule has 0 aliphatic carbocycles. The van der Waals surface area contributed by atoms with Crippen LogP contribution in [0.15, 0.2) is 29.9 Å². The molecule has 10 nitrogen and oxygen atoms in total. The third kappa shape index (κ3) is 3.71. The standard InChI is InChI=1S/C18H21N7O3/c1-12-7-20-13(8-19-12)9-21-17(26)14-6-18(28-24-14)3-4-25(10-18)15-5-16(27-2)23-11-22-15/h5,7-8,11H,3-4,6,9-10H2,1-2H3,(H,21,26). The molecule has 2 aromatic heterocycles. The number of carbonyl (C=O) groups is 1. The third-order valence-corrected chi connectivity index (χ3v) is 4.84. The van der Waals surface area contributed by atoms with Crippen molar-refractivity contribution in [2.24, 2.45) is 5.16 Å². The van der Waals surface area contributed by atoms with Crippen LogP contribution in [0.1, 0.15) is 24.2 Å². The van der Waals surface area contributed by atoms with E-state index in [9.17, 15) is 4.79 Å². The number of hydrogen-bond donors (Lipinski definition) is 1. The average Bonchev–Trinajstić information content (AvgIpc) is 3.34. The summed E-state index contributed by atoms with van der Waals surface area (Å²) in [6, 6.07) is 1.78. The van der Waals surface area contributed by atoms with Crippen molar-refractivity contribution in [2.75, 3.05) is 25.1 Å². The van der Waals surface area contributed by atoms with E-state index in [0.29, 0.717) is 36.8 Å². The van der Waals surface area contributed by atoms with E-state index in [-0.39, 0.29) is 5.91 Å². The summed E-state index contributed by atoms with van der Waals surface area (Å²) < 4.78 is 5.16. The highest BCUT2D eigenvalue weighted by Gasteiger charge is 2.47. The molecule has 146 valence electrons. The SMILES string of the molecule is COc1cc(N2CCC3(CC(C(=O)NCc4cnc(C)cn4)=NO3)C2)ncn1. The minimum Gasteiger partial charge on any atom is -0.481 e. The lowest BCUT2D eigenvalue weighted by Crippen LogP contribution is -2.37. The zero-order valence-corrected chi connectivity index (χ0v) is 15.8. The molecule has 0 saturated carbocycles. The predicted octanol–water partition coefficient (Wildman–Crippen LogP) is 0.625. The van der Waals surface area contributed by atoms with Gasteiger partial charge in [-0.05, 0) is 6.92 Å². The molecule has 28 heavy (non-hydrogen) atoms. The van der Waals surface area contributed by atoms with E-state index >= 15 is 0 Å². The molecule has 1 saturated heterocycles. The van der Waals surface area contributed by atoms with Crippen molar-refractivity contribution < 1.29 is 14.4 Å². The monoisotopic (exact) mass is 383 g/mol. The van der Waals surface area contributed by atoms with Gasteiger partial charge in [-0.15, -0.1) is 0 Å². The Kier molecular flexibility index (Phi) is 4.76. The summed E-state index contributed by atoms with van der Waals surface area (Å²) in [4.78, 5) is 36.9. The first-order valence-corrected chi connectivity index (χ1v) is 8.99. The Morgan fingerprint density at radius 3 is 3.00 bits per heavy atom. The van der Waals surface area contributed by atoms with Gasteiger partial charge in [0.2, 0.25) is 5.88 Å². The maximum atomic E-state index is 12.4. The van der Waals surface area contributed by atoms with Gasteiger partial charge in [-0.25, -0.2) is 9.97 Å². The van der Waals surface area contributed by atoms with Crippen LogP contribution in [0.25, 0.3) is 0 Å². The second-order valence-electron chi connectivity index (χ2n) is 6.91. The van der Waals surface area contributed by atoms with Gasteiger partial charge in [-0.1, -0.05) is 5.16 Å². The number of nitrogens with one attached hydrogen (secondary N) is 1. The van der Waals surface area contributed by atoms with Crippen LogP contribution in [0, 0.1) is 6.92 Å². The van der Waals surface area contributed by atoms with E-state index in [0.717, 1.165) is 24.5 Å². The lowest BCUT2D eigenvalue weighted by Gasteiger charge is -2.22. The van der Waals surface area contributed by atoms with Gasteiger partial charge in [0.05, 0.1) is 37.8 Å². The summed E-state index contributed by atoms with van der Waals surface area (Å²) in [7, 11) is 1.57. The molecular weight excluding hydrogens is 362 g/mol.